The Hall–Kier alpha value is -2.99. The lowest BCUT2D eigenvalue weighted by molar-refractivity contribution is -0.142. The summed E-state index contributed by atoms with van der Waals surface area (Å²) < 4.78 is 5.15. The van der Waals surface area contributed by atoms with Gasteiger partial charge in [-0.2, -0.15) is 0 Å². The molecule has 1 aromatic heterocycles. The number of carboxylic acid groups (broad SMARTS) is 1. The Kier molecular flexibility index (Phi) is 8.35. The molecular formula is C25H31N3O3. The number of ether oxygens (including phenoxy) is 1. The van der Waals surface area contributed by atoms with Gasteiger partial charge in [-0.3, -0.25) is 4.98 Å². The number of nitrogens with zero attached hydrogens (tertiary/aromatic N) is 3. The summed E-state index contributed by atoms with van der Waals surface area (Å²) in [5.74, 6) is 0.141. The second-order valence-corrected chi connectivity index (χ2v) is 7.92. The number of anilines is 1. The highest BCUT2D eigenvalue weighted by Gasteiger charge is 2.21. The molecule has 0 radical (unpaired) electrons. The summed E-state index contributed by atoms with van der Waals surface area (Å²) in [5, 5.41) is 8.66. The van der Waals surface area contributed by atoms with Crippen molar-refractivity contribution in [3.63, 3.8) is 0 Å². The van der Waals surface area contributed by atoms with Crippen molar-refractivity contribution >= 4 is 11.8 Å². The Morgan fingerprint density at radius 1 is 1.23 bits per heavy atom. The highest BCUT2D eigenvalue weighted by atomic mass is 16.5. The quantitative estimate of drug-likeness (QED) is 0.523. The van der Waals surface area contributed by atoms with Crippen molar-refractivity contribution in [1.29, 1.82) is 0 Å². The van der Waals surface area contributed by atoms with Gasteiger partial charge in [-0.25, -0.2) is 9.78 Å². The van der Waals surface area contributed by atoms with E-state index in [9.17, 15) is 4.79 Å². The standard InChI is InChI=1S/C25H31N3O3/c1-19(2)28(15-9-10-16-31-18-23(29)30)22-17-26-24(20-11-5-3-6-12-20)25(27-22)21-13-7-4-8-14-21/h3-8,11-13,17,19,21H,9-10,14-16,18H2,1-2H3,(H,29,30). The second kappa shape index (κ2) is 11.4. The Labute approximate surface area is 184 Å². The number of hydrogen-bond acceptors (Lipinski definition) is 5. The number of benzene rings is 1. The van der Waals surface area contributed by atoms with Gasteiger partial charge in [0.1, 0.15) is 12.4 Å². The minimum atomic E-state index is -0.934. The summed E-state index contributed by atoms with van der Waals surface area (Å²) in [4.78, 5) is 22.8. The van der Waals surface area contributed by atoms with Crippen LogP contribution in [0, 0.1) is 0 Å². The molecule has 2 aromatic rings. The fraction of sp³-hybridized carbons (Fsp3) is 0.400. The number of hydrogen-bond donors (Lipinski definition) is 1. The lowest BCUT2D eigenvalue weighted by Gasteiger charge is -2.29. The normalized spacial score (nSPS) is 15.4. The lowest BCUT2D eigenvalue weighted by atomic mass is 9.93. The first kappa shape index (κ1) is 22.7. The van der Waals surface area contributed by atoms with Gasteiger partial charge in [-0.05, 0) is 33.1 Å². The van der Waals surface area contributed by atoms with Crippen LogP contribution in [0.1, 0.15) is 44.7 Å². The monoisotopic (exact) mass is 421 g/mol. The summed E-state index contributed by atoms with van der Waals surface area (Å²) in [6, 6.07) is 10.5. The molecule has 0 bridgehead atoms. The third kappa shape index (κ3) is 6.49. The SMILES string of the molecule is CC(C)N(CCCCOCC(=O)O)c1cnc(-c2ccccc2)c(C2C=CC=CC2)n1. The van der Waals surface area contributed by atoms with Gasteiger partial charge in [0.2, 0.25) is 0 Å². The number of rotatable bonds is 11. The molecule has 6 nitrogen and oxygen atoms in total. The van der Waals surface area contributed by atoms with E-state index < -0.39 is 5.97 Å². The molecule has 6 heteroatoms. The van der Waals surface area contributed by atoms with Crippen LogP contribution in [0.2, 0.25) is 0 Å². The number of aromatic nitrogens is 2. The molecule has 31 heavy (non-hydrogen) atoms. The number of unbranched alkanes of at least 4 members (excludes halogenated alkanes) is 1. The van der Waals surface area contributed by atoms with Crippen LogP contribution in [-0.2, 0) is 9.53 Å². The zero-order chi connectivity index (χ0) is 22.1. The van der Waals surface area contributed by atoms with E-state index in [2.05, 4.69) is 55.2 Å². The van der Waals surface area contributed by atoms with Crippen molar-refractivity contribution < 1.29 is 14.6 Å². The second-order valence-electron chi connectivity index (χ2n) is 7.92. The van der Waals surface area contributed by atoms with Crippen LogP contribution < -0.4 is 4.90 Å². The summed E-state index contributed by atoms with van der Waals surface area (Å²) in [7, 11) is 0. The smallest absolute Gasteiger partial charge is 0.329 e. The third-order valence-corrected chi connectivity index (χ3v) is 5.25. The number of allylic oxidation sites excluding steroid dienone is 4. The van der Waals surface area contributed by atoms with Gasteiger partial charge in [-0.15, -0.1) is 0 Å². The maximum absolute atomic E-state index is 10.5. The number of aliphatic carboxylic acids is 1. The predicted octanol–water partition coefficient (Wildman–Crippen LogP) is 4.84. The average Bonchev–Trinajstić information content (AvgIpc) is 2.79. The van der Waals surface area contributed by atoms with E-state index in [4.69, 9.17) is 19.8 Å². The third-order valence-electron chi connectivity index (χ3n) is 5.25. The molecule has 1 N–H and O–H groups in total. The van der Waals surface area contributed by atoms with Crippen molar-refractivity contribution in [2.45, 2.75) is 45.1 Å². The Morgan fingerprint density at radius 2 is 2.03 bits per heavy atom. The zero-order valence-corrected chi connectivity index (χ0v) is 18.3. The molecule has 0 saturated heterocycles. The summed E-state index contributed by atoms with van der Waals surface area (Å²) in [6.45, 7) is 5.31. The minimum absolute atomic E-state index is 0.200. The molecular weight excluding hydrogens is 390 g/mol. The molecule has 1 aliphatic carbocycles. The fourth-order valence-electron chi connectivity index (χ4n) is 3.68. The topological polar surface area (TPSA) is 75.5 Å². The van der Waals surface area contributed by atoms with Crippen LogP contribution in [0.25, 0.3) is 11.3 Å². The molecule has 1 atom stereocenters. The van der Waals surface area contributed by atoms with Gasteiger partial charge >= 0.3 is 5.97 Å². The van der Waals surface area contributed by atoms with Gasteiger partial charge in [0.05, 0.1) is 17.6 Å². The van der Waals surface area contributed by atoms with Crippen LogP contribution in [0.5, 0.6) is 0 Å². The van der Waals surface area contributed by atoms with E-state index in [0.29, 0.717) is 6.61 Å². The maximum atomic E-state index is 10.5. The molecule has 1 heterocycles. The highest BCUT2D eigenvalue weighted by Crippen LogP contribution is 2.32. The molecule has 1 aliphatic rings. The van der Waals surface area contributed by atoms with Gasteiger partial charge in [0.15, 0.2) is 0 Å². The summed E-state index contributed by atoms with van der Waals surface area (Å²) >= 11 is 0. The van der Waals surface area contributed by atoms with E-state index in [1.165, 1.54) is 0 Å². The molecule has 0 amide bonds. The van der Waals surface area contributed by atoms with Gasteiger partial charge in [0.25, 0.3) is 0 Å². The first-order valence-corrected chi connectivity index (χ1v) is 10.9. The molecule has 0 aliphatic heterocycles. The molecule has 0 fully saturated rings. The van der Waals surface area contributed by atoms with Crippen LogP contribution in [0.3, 0.4) is 0 Å². The molecule has 1 aromatic carbocycles. The number of carboxylic acids is 1. The van der Waals surface area contributed by atoms with E-state index in [1.54, 1.807) is 0 Å². The van der Waals surface area contributed by atoms with Crippen molar-refractivity contribution in [2.75, 3.05) is 24.7 Å². The van der Waals surface area contributed by atoms with Crippen molar-refractivity contribution in [3.8, 4) is 11.3 Å². The zero-order valence-electron chi connectivity index (χ0n) is 18.3. The molecule has 3 rings (SSSR count). The summed E-state index contributed by atoms with van der Waals surface area (Å²) in [6.07, 6.45) is 13.0. The first-order valence-electron chi connectivity index (χ1n) is 10.9. The van der Waals surface area contributed by atoms with Gasteiger partial charge in [-0.1, -0.05) is 54.6 Å². The minimum Gasteiger partial charge on any atom is -0.480 e. The molecule has 1 unspecified atom stereocenters. The van der Waals surface area contributed by atoms with Crippen LogP contribution >= 0.6 is 0 Å². The van der Waals surface area contributed by atoms with Crippen molar-refractivity contribution in [3.05, 3.63) is 66.5 Å². The number of carbonyl (C=O) groups is 1. The Bertz CT molecular complexity index is 909. The predicted molar refractivity (Wildman–Crippen MR) is 123 cm³/mol. The fourth-order valence-corrected chi connectivity index (χ4v) is 3.68. The van der Waals surface area contributed by atoms with Crippen molar-refractivity contribution in [2.24, 2.45) is 0 Å². The van der Waals surface area contributed by atoms with Gasteiger partial charge < -0.3 is 14.7 Å². The van der Waals surface area contributed by atoms with Crippen molar-refractivity contribution in [1.82, 2.24) is 9.97 Å². The molecule has 0 spiro atoms. The first-order chi connectivity index (χ1) is 15.1. The van der Waals surface area contributed by atoms with Crippen LogP contribution in [0.15, 0.2) is 60.8 Å². The van der Waals surface area contributed by atoms with E-state index in [1.807, 2.05) is 24.4 Å². The van der Waals surface area contributed by atoms with E-state index in [-0.39, 0.29) is 18.6 Å². The summed E-state index contributed by atoms with van der Waals surface area (Å²) in [5.41, 5.74) is 3.01. The van der Waals surface area contributed by atoms with Crippen LogP contribution in [0.4, 0.5) is 5.82 Å². The lowest BCUT2D eigenvalue weighted by Crippen LogP contribution is -2.33. The molecule has 0 saturated carbocycles. The van der Waals surface area contributed by atoms with E-state index in [0.717, 1.165) is 48.6 Å². The largest absolute Gasteiger partial charge is 0.480 e. The van der Waals surface area contributed by atoms with Crippen LogP contribution in [-0.4, -0.2) is 46.8 Å². The highest BCUT2D eigenvalue weighted by molar-refractivity contribution is 5.68. The van der Waals surface area contributed by atoms with E-state index >= 15 is 0 Å². The maximum Gasteiger partial charge on any atom is 0.329 e. The average molecular weight is 422 g/mol. The molecule has 164 valence electrons. The van der Waals surface area contributed by atoms with Gasteiger partial charge in [0, 0.05) is 30.7 Å². The Balaban J connectivity index is 1.79. The Morgan fingerprint density at radius 3 is 2.71 bits per heavy atom.